The molecule has 0 N–H and O–H groups in total. The van der Waals surface area contributed by atoms with Crippen LogP contribution >= 0.6 is 0 Å². The maximum absolute atomic E-state index is 7.84. The zero-order valence-electron chi connectivity index (χ0n) is 32.9. The third-order valence-electron chi connectivity index (χ3n) is 12.2. The van der Waals surface area contributed by atoms with Crippen LogP contribution in [0.5, 0.6) is 0 Å². The van der Waals surface area contributed by atoms with Crippen molar-refractivity contribution in [1.82, 2.24) is 14.5 Å². The van der Waals surface area contributed by atoms with E-state index in [1.165, 1.54) is 21.5 Å². The maximum atomic E-state index is 7.84. The second-order valence-corrected chi connectivity index (χ2v) is 15.6. The van der Waals surface area contributed by atoms with Crippen LogP contribution in [0.15, 0.2) is 206 Å². The van der Waals surface area contributed by atoms with Crippen LogP contribution in [0.1, 0.15) is 0 Å². The van der Waals surface area contributed by atoms with E-state index in [2.05, 4.69) is 197 Å². The second-order valence-electron chi connectivity index (χ2n) is 15.6. The lowest BCUT2D eigenvalue weighted by molar-refractivity contribution is 1.18. The van der Waals surface area contributed by atoms with Crippen LogP contribution in [0.25, 0.3) is 120 Å². The summed E-state index contributed by atoms with van der Waals surface area (Å²) in [4.78, 5) is 14.7. The minimum Gasteiger partial charge on any atom is -0.309 e. The van der Waals surface area contributed by atoms with E-state index in [0.717, 1.165) is 88.2 Å². The molecular formula is C57H34N4. The predicted octanol–water partition coefficient (Wildman–Crippen LogP) is 15.4. The largest absolute Gasteiger partial charge is 0.309 e. The van der Waals surface area contributed by atoms with Gasteiger partial charge in [0.05, 0.1) is 29.0 Å². The molecule has 0 aliphatic rings. The lowest BCUT2D eigenvalue weighted by Crippen LogP contribution is -1.98. The number of hydrogen-bond acceptors (Lipinski definition) is 2. The van der Waals surface area contributed by atoms with Gasteiger partial charge in [0.2, 0.25) is 0 Å². The van der Waals surface area contributed by atoms with Crippen LogP contribution in [0.2, 0.25) is 0 Å². The lowest BCUT2D eigenvalue weighted by atomic mass is 9.87. The summed E-state index contributed by atoms with van der Waals surface area (Å²) in [5, 5.41) is 11.3. The highest BCUT2D eigenvalue weighted by Crippen LogP contribution is 2.45. The van der Waals surface area contributed by atoms with Gasteiger partial charge in [-0.1, -0.05) is 152 Å². The number of aromatic nitrogens is 3. The van der Waals surface area contributed by atoms with Gasteiger partial charge in [0.15, 0.2) is 11.5 Å². The van der Waals surface area contributed by atoms with E-state index in [1.807, 2.05) is 18.2 Å². The topological polar surface area (TPSA) is 35.1 Å². The summed E-state index contributed by atoms with van der Waals surface area (Å²) in [6.07, 6.45) is 0. The van der Waals surface area contributed by atoms with E-state index in [0.29, 0.717) is 11.5 Å². The van der Waals surface area contributed by atoms with Crippen molar-refractivity contribution < 1.29 is 0 Å². The molecule has 4 heteroatoms. The Morgan fingerprint density at radius 3 is 1.41 bits per heavy atom. The number of para-hydroxylation sites is 1. The van der Waals surface area contributed by atoms with Gasteiger partial charge in [0.25, 0.3) is 0 Å². The third kappa shape index (κ3) is 5.67. The van der Waals surface area contributed by atoms with Crippen molar-refractivity contribution >= 4 is 70.6 Å². The molecule has 0 spiro atoms. The quantitative estimate of drug-likeness (QED) is 0.129. The van der Waals surface area contributed by atoms with Crippen molar-refractivity contribution in [2.75, 3.05) is 0 Å². The Morgan fingerprint density at radius 1 is 0.361 bits per heavy atom. The van der Waals surface area contributed by atoms with Crippen molar-refractivity contribution in [3.63, 3.8) is 0 Å². The zero-order chi connectivity index (χ0) is 40.4. The zero-order valence-corrected chi connectivity index (χ0v) is 32.9. The highest BCUT2D eigenvalue weighted by molar-refractivity contribution is 6.22. The molecule has 12 rings (SSSR count). The van der Waals surface area contributed by atoms with Gasteiger partial charge in [-0.25, -0.2) is 14.8 Å². The van der Waals surface area contributed by atoms with E-state index in [1.54, 1.807) is 0 Å². The van der Waals surface area contributed by atoms with Crippen LogP contribution in [-0.4, -0.2) is 14.5 Å². The molecule has 0 unspecified atom stereocenters. The molecule has 61 heavy (non-hydrogen) atoms. The number of benzene rings is 10. The third-order valence-corrected chi connectivity index (χ3v) is 12.2. The van der Waals surface area contributed by atoms with E-state index in [-0.39, 0.29) is 0 Å². The first-order chi connectivity index (χ1) is 30.2. The second kappa shape index (κ2) is 13.9. The SMILES string of the molecule is [C-]#[N+]c1ccc2c(c1)c1cc(-c3c4ccccc4c(-c4nc(-c5ccc6ccccc6c5)cc(-c5ccc6ccccc6c5)n4)c4ccccc34)ccc1n2-c1ccccc1. The molecule has 4 nitrogen and oxygen atoms in total. The normalized spacial score (nSPS) is 11.6. The molecule has 0 fully saturated rings. The monoisotopic (exact) mass is 774 g/mol. The van der Waals surface area contributed by atoms with Gasteiger partial charge in [-0.15, -0.1) is 0 Å². The molecule has 0 aliphatic heterocycles. The summed E-state index contributed by atoms with van der Waals surface area (Å²) in [7, 11) is 0. The molecule has 2 aromatic heterocycles. The summed E-state index contributed by atoms with van der Waals surface area (Å²) in [5.41, 5.74) is 11.0. The summed E-state index contributed by atoms with van der Waals surface area (Å²) in [6.45, 7) is 7.84. The minimum absolute atomic E-state index is 0.624. The van der Waals surface area contributed by atoms with Gasteiger partial charge in [-0.05, 0) is 114 Å². The first-order valence-electron chi connectivity index (χ1n) is 20.5. The van der Waals surface area contributed by atoms with Crippen LogP contribution in [0.3, 0.4) is 0 Å². The van der Waals surface area contributed by atoms with Gasteiger partial charge >= 0.3 is 0 Å². The number of hydrogen-bond donors (Lipinski definition) is 0. The van der Waals surface area contributed by atoms with Crippen LogP contribution in [0.4, 0.5) is 5.69 Å². The Hall–Kier alpha value is -8.39. The van der Waals surface area contributed by atoms with Crippen molar-refractivity contribution in [2.45, 2.75) is 0 Å². The Labute approximate surface area is 352 Å². The summed E-state index contributed by atoms with van der Waals surface area (Å²) < 4.78 is 2.30. The number of fused-ring (bicyclic) bond motifs is 7. The van der Waals surface area contributed by atoms with Crippen LogP contribution in [-0.2, 0) is 0 Å². The van der Waals surface area contributed by atoms with Gasteiger partial charge in [0, 0.05) is 27.8 Å². The highest BCUT2D eigenvalue weighted by atomic mass is 15.0. The van der Waals surface area contributed by atoms with Crippen molar-refractivity contribution in [2.24, 2.45) is 0 Å². The average Bonchev–Trinajstić information content (AvgIpc) is 3.65. The fourth-order valence-corrected chi connectivity index (χ4v) is 9.32. The molecule has 0 saturated carbocycles. The van der Waals surface area contributed by atoms with E-state index >= 15 is 0 Å². The standard InChI is InChI=1S/C57H34N4/c1-58-43-28-30-54-50(34-43)49-33-42(27-29-53(49)61(54)44-17-3-2-4-18-44)55-45-19-9-11-21-47(45)56(48-22-12-10-20-46(48)55)57-59-51(40-25-23-36-13-5-7-15-38(36)31-40)35-52(60-57)41-26-24-37-14-6-8-16-39(37)32-41/h2-35H. The van der Waals surface area contributed by atoms with Crippen molar-refractivity contribution in [3.05, 3.63) is 218 Å². The first-order valence-corrected chi connectivity index (χ1v) is 20.5. The van der Waals surface area contributed by atoms with Crippen LogP contribution < -0.4 is 0 Å². The molecule has 0 saturated heterocycles. The predicted molar refractivity (Wildman–Crippen MR) is 254 cm³/mol. The molecule has 0 amide bonds. The fourth-order valence-electron chi connectivity index (χ4n) is 9.32. The Morgan fingerprint density at radius 2 is 0.836 bits per heavy atom. The van der Waals surface area contributed by atoms with Gasteiger partial charge in [-0.3, -0.25) is 0 Å². The van der Waals surface area contributed by atoms with Crippen LogP contribution in [0, 0.1) is 6.57 Å². The number of rotatable bonds is 5. The summed E-state index contributed by atoms with van der Waals surface area (Å²) >= 11 is 0. The van der Waals surface area contributed by atoms with E-state index < -0.39 is 0 Å². The molecular weight excluding hydrogens is 741 g/mol. The Kier molecular flexibility index (Phi) is 7.88. The molecule has 282 valence electrons. The molecule has 0 radical (unpaired) electrons. The number of nitrogens with zero attached hydrogens (tertiary/aromatic N) is 4. The first kappa shape index (κ1) is 34.6. The Balaban J connectivity index is 1.12. The average molecular weight is 775 g/mol. The Bertz CT molecular complexity index is 3620. The smallest absolute Gasteiger partial charge is 0.188 e. The summed E-state index contributed by atoms with van der Waals surface area (Å²) in [6, 6.07) is 72.9. The molecule has 0 aliphatic carbocycles. The van der Waals surface area contributed by atoms with E-state index in [4.69, 9.17) is 16.5 Å². The van der Waals surface area contributed by atoms with Crippen molar-refractivity contribution in [1.29, 1.82) is 0 Å². The molecule has 2 heterocycles. The lowest BCUT2D eigenvalue weighted by Gasteiger charge is -2.18. The van der Waals surface area contributed by atoms with Gasteiger partial charge in [-0.2, -0.15) is 0 Å². The molecule has 0 bridgehead atoms. The molecule has 0 atom stereocenters. The molecule has 10 aromatic carbocycles. The molecule has 12 aromatic rings. The maximum Gasteiger partial charge on any atom is 0.188 e. The minimum atomic E-state index is 0.624. The van der Waals surface area contributed by atoms with Gasteiger partial charge in [0.1, 0.15) is 0 Å². The highest BCUT2D eigenvalue weighted by Gasteiger charge is 2.22. The van der Waals surface area contributed by atoms with E-state index in [9.17, 15) is 0 Å². The van der Waals surface area contributed by atoms with Gasteiger partial charge < -0.3 is 4.57 Å². The fraction of sp³-hybridized carbons (Fsp3) is 0. The summed E-state index contributed by atoms with van der Waals surface area (Å²) in [5.74, 6) is 0.681. The van der Waals surface area contributed by atoms with Crippen molar-refractivity contribution in [3.8, 4) is 50.7 Å².